The fraction of sp³-hybridized carbons (Fsp3) is 0.286. The highest BCUT2D eigenvalue weighted by molar-refractivity contribution is 5.92. The van der Waals surface area contributed by atoms with Crippen molar-refractivity contribution in [3.05, 3.63) is 42.2 Å². The molecule has 1 fully saturated rings. The molecule has 1 aliphatic rings. The van der Waals surface area contributed by atoms with Crippen molar-refractivity contribution in [2.45, 2.75) is 19.4 Å². The topological polar surface area (TPSA) is 72.9 Å². The number of anilines is 1. The second-order valence-corrected chi connectivity index (χ2v) is 5.00. The van der Waals surface area contributed by atoms with Crippen LogP contribution in [0, 0.1) is 5.92 Å². The van der Waals surface area contributed by atoms with Gasteiger partial charge in [0.1, 0.15) is 0 Å². The number of hydrogen-bond acceptors (Lipinski definition) is 3. The zero-order valence-electron chi connectivity index (χ0n) is 10.7. The first-order chi connectivity index (χ1) is 9.15. The van der Waals surface area contributed by atoms with E-state index in [1.807, 2.05) is 24.3 Å². The number of carbonyl (C=O) groups is 1. The highest BCUT2D eigenvalue weighted by Crippen LogP contribution is 2.29. The number of benzene rings is 1. The van der Waals surface area contributed by atoms with Crippen LogP contribution in [0.25, 0.3) is 5.69 Å². The number of amides is 1. The Labute approximate surface area is 111 Å². The van der Waals surface area contributed by atoms with Gasteiger partial charge in [0.25, 0.3) is 5.91 Å². The minimum Gasteiger partial charge on any atom is -0.397 e. The number of nitrogen functional groups attached to an aromatic ring is 1. The molecule has 2 unspecified atom stereocenters. The number of nitrogens with zero attached hydrogens (tertiary/aromatic N) is 2. The number of nitrogens with one attached hydrogen (secondary N) is 1. The third kappa shape index (κ3) is 2.31. The van der Waals surface area contributed by atoms with E-state index in [2.05, 4.69) is 17.3 Å². The Kier molecular flexibility index (Phi) is 2.74. The average Bonchev–Trinajstić information content (AvgIpc) is 2.92. The molecule has 3 N–H and O–H groups in total. The standard InChI is InChI=1S/C14H16N4O/c1-9-8-12(9)16-14(19)11-6-7-18(17-11)13-5-3-2-4-10(13)15/h2-7,9,12H,8,15H2,1H3,(H,16,19). The van der Waals surface area contributed by atoms with Crippen LogP contribution in [0.1, 0.15) is 23.8 Å². The molecule has 5 heteroatoms. The van der Waals surface area contributed by atoms with Crippen molar-refractivity contribution >= 4 is 11.6 Å². The molecular weight excluding hydrogens is 240 g/mol. The maximum absolute atomic E-state index is 12.0. The summed E-state index contributed by atoms with van der Waals surface area (Å²) in [6.07, 6.45) is 2.80. The lowest BCUT2D eigenvalue weighted by Gasteiger charge is -2.04. The molecule has 1 saturated carbocycles. The van der Waals surface area contributed by atoms with Crippen molar-refractivity contribution in [2.24, 2.45) is 5.92 Å². The summed E-state index contributed by atoms with van der Waals surface area (Å²) >= 11 is 0. The summed E-state index contributed by atoms with van der Waals surface area (Å²) in [5.41, 5.74) is 7.72. The van der Waals surface area contributed by atoms with Gasteiger partial charge < -0.3 is 11.1 Å². The molecule has 0 saturated heterocycles. The van der Waals surface area contributed by atoms with E-state index in [1.54, 1.807) is 16.9 Å². The van der Waals surface area contributed by atoms with E-state index in [9.17, 15) is 4.79 Å². The van der Waals surface area contributed by atoms with Crippen molar-refractivity contribution in [1.82, 2.24) is 15.1 Å². The number of aromatic nitrogens is 2. The Morgan fingerprint density at radius 3 is 2.84 bits per heavy atom. The predicted molar refractivity (Wildman–Crippen MR) is 73.0 cm³/mol. The molecular formula is C14H16N4O. The van der Waals surface area contributed by atoms with E-state index in [4.69, 9.17) is 5.73 Å². The molecule has 0 radical (unpaired) electrons. The summed E-state index contributed by atoms with van der Waals surface area (Å²) in [6, 6.07) is 9.44. The first kappa shape index (κ1) is 11.8. The van der Waals surface area contributed by atoms with Crippen LogP contribution < -0.4 is 11.1 Å². The number of hydrogen-bond donors (Lipinski definition) is 2. The maximum atomic E-state index is 12.0. The number of para-hydroxylation sites is 2. The van der Waals surface area contributed by atoms with E-state index < -0.39 is 0 Å². The summed E-state index contributed by atoms with van der Waals surface area (Å²) in [5, 5.41) is 7.23. The second-order valence-electron chi connectivity index (χ2n) is 5.00. The molecule has 1 aromatic heterocycles. The van der Waals surface area contributed by atoms with Crippen molar-refractivity contribution in [1.29, 1.82) is 0 Å². The quantitative estimate of drug-likeness (QED) is 0.819. The van der Waals surface area contributed by atoms with E-state index in [-0.39, 0.29) is 5.91 Å². The van der Waals surface area contributed by atoms with Crippen LogP contribution in [-0.2, 0) is 0 Å². The minimum atomic E-state index is -0.123. The monoisotopic (exact) mass is 256 g/mol. The first-order valence-corrected chi connectivity index (χ1v) is 6.36. The molecule has 2 atom stereocenters. The van der Waals surface area contributed by atoms with Crippen LogP contribution in [0.5, 0.6) is 0 Å². The Morgan fingerprint density at radius 1 is 1.42 bits per heavy atom. The normalized spacial score (nSPS) is 21.1. The van der Waals surface area contributed by atoms with E-state index in [0.29, 0.717) is 23.3 Å². The van der Waals surface area contributed by atoms with Crippen LogP contribution in [0.2, 0.25) is 0 Å². The number of carbonyl (C=O) groups excluding carboxylic acids is 1. The van der Waals surface area contributed by atoms with Gasteiger partial charge in [-0.1, -0.05) is 19.1 Å². The third-order valence-electron chi connectivity index (χ3n) is 3.43. The maximum Gasteiger partial charge on any atom is 0.272 e. The lowest BCUT2D eigenvalue weighted by Crippen LogP contribution is -2.27. The van der Waals surface area contributed by atoms with Gasteiger partial charge in [-0.05, 0) is 30.5 Å². The smallest absolute Gasteiger partial charge is 0.272 e. The Morgan fingerprint density at radius 2 is 2.16 bits per heavy atom. The largest absolute Gasteiger partial charge is 0.397 e. The van der Waals surface area contributed by atoms with Gasteiger partial charge in [0, 0.05) is 12.2 Å². The average molecular weight is 256 g/mol. The minimum absolute atomic E-state index is 0.123. The lowest BCUT2D eigenvalue weighted by atomic mass is 10.3. The van der Waals surface area contributed by atoms with Crippen LogP contribution in [0.4, 0.5) is 5.69 Å². The van der Waals surface area contributed by atoms with Gasteiger partial charge in [0.2, 0.25) is 0 Å². The van der Waals surface area contributed by atoms with E-state index >= 15 is 0 Å². The fourth-order valence-corrected chi connectivity index (χ4v) is 2.04. The van der Waals surface area contributed by atoms with Crippen molar-refractivity contribution in [3.63, 3.8) is 0 Å². The van der Waals surface area contributed by atoms with Gasteiger partial charge in [0.05, 0.1) is 11.4 Å². The second kappa shape index (κ2) is 4.42. The molecule has 1 amide bonds. The van der Waals surface area contributed by atoms with Crippen LogP contribution in [0.3, 0.4) is 0 Å². The van der Waals surface area contributed by atoms with Crippen LogP contribution in [0.15, 0.2) is 36.5 Å². The molecule has 0 spiro atoms. The highest BCUT2D eigenvalue weighted by atomic mass is 16.2. The molecule has 2 aromatic rings. The Bertz CT molecular complexity index is 619. The molecule has 1 aliphatic carbocycles. The number of rotatable bonds is 3. The van der Waals surface area contributed by atoms with Gasteiger partial charge in [0.15, 0.2) is 5.69 Å². The molecule has 5 nitrogen and oxygen atoms in total. The zero-order valence-corrected chi connectivity index (χ0v) is 10.7. The summed E-state index contributed by atoms with van der Waals surface area (Å²) in [4.78, 5) is 12.0. The summed E-state index contributed by atoms with van der Waals surface area (Å²) in [7, 11) is 0. The van der Waals surface area contributed by atoms with Crippen molar-refractivity contribution in [2.75, 3.05) is 5.73 Å². The van der Waals surface area contributed by atoms with Crippen molar-refractivity contribution in [3.8, 4) is 5.69 Å². The zero-order chi connectivity index (χ0) is 13.4. The first-order valence-electron chi connectivity index (χ1n) is 6.36. The molecule has 1 aromatic carbocycles. The van der Waals surface area contributed by atoms with Gasteiger partial charge in [-0.2, -0.15) is 5.10 Å². The van der Waals surface area contributed by atoms with E-state index in [0.717, 1.165) is 12.1 Å². The van der Waals surface area contributed by atoms with Gasteiger partial charge >= 0.3 is 0 Å². The van der Waals surface area contributed by atoms with Crippen LogP contribution >= 0.6 is 0 Å². The SMILES string of the molecule is CC1CC1NC(=O)c1ccn(-c2ccccc2N)n1. The molecule has 0 aliphatic heterocycles. The van der Waals surface area contributed by atoms with Crippen LogP contribution in [-0.4, -0.2) is 21.7 Å². The molecule has 19 heavy (non-hydrogen) atoms. The van der Waals surface area contributed by atoms with Gasteiger partial charge in [-0.3, -0.25) is 4.79 Å². The summed E-state index contributed by atoms with van der Waals surface area (Å²) in [6.45, 7) is 2.12. The van der Waals surface area contributed by atoms with Gasteiger partial charge in [-0.25, -0.2) is 4.68 Å². The number of nitrogens with two attached hydrogens (primary N) is 1. The summed E-state index contributed by atoms with van der Waals surface area (Å²) in [5.74, 6) is 0.457. The third-order valence-corrected chi connectivity index (χ3v) is 3.43. The highest BCUT2D eigenvalue weighted by Gasteiger charge is 2.34. The molecule has 98 valence electrons. The fourth-order valence-electron chi connectivity index (χ4n) is 2.04. The predicted octanol–water partition coefficient (Wildman–Crippen LogP) is 1.59. The lowest BCUT2D eigenvalue weighted by molar-refractivity contribution is 0.0944. The molecule has 3 rings (SSSR count). The molecule has 0 bridgehead atoms. The van der Waals surface area contributed by atoms with Gasteiger partial charge in [-0.15, -0.1) is 0 Å². The Hall–Kier alpha value is -2.30. The van der Waals surface area contributed by atoms with Crippen molar-refractivity contribution < 1.29 is 4.79 Å². The van der Waals surface area contributed by atoms with E-state index in [1.165, 1.54) is 0 Å². The Balaban J connectivity index is 1.79. The summed E-state index contributed by atoms with van der Waals surface area (Å²) < 4.78 is 1.63. The molecule has 1 heterocycles.